The topological polar surface area (TPSA) is 57.7 Å². The van der Waals surface area contributed by atoms with Crippen LogP contribution < -0.4 is 5.43 Å². The molecule has 0 unspecified atom stereocenters. The van der Waals surface area contributed by atoms with Gasteiger partial charge in [0.15, 0.2) is 17.0 Å². The summed E-state index contributed by atoms with van der Waals surface area (Å²) in [5.74, 6) is 0.0982. The van der Waals surface area contributed by atoms with Crippen molar-refractivity contribution < 1.29 is 9.59 Å². The second-order valence-corrected chi connectivity index (χ2v) is 12.8. The van der Waals surface area contributed by atoms with Crippen LogP contribution in [-0.2, 0) is 0 Å². The molecule has 0 atom stereocenters. The normalized spacial score (nSPS) is 18.4. The number of fused-ring (bicyclic) bond motifs is 2. The fraction of sp³-hybridized carbons (Fsp3) is 0.516. The molecule has 3 heterocycles. The van der Waals surface area contributed by atoms with Gasteiger partial charge in [-0.15, -0.1) is 11.3 Å². The number of ketones is 2. The highest BCUT2D eigenvalue weighted by atomic mass is 32.1. The van der Waals surface area contributed by atoms with Crippen LogP contribution in [0.3, 0.4) is 0 Å². The first-order valence-electron chi connectivity index (χ1n) is 13.7. The number of rotatable bonds is 6. The molecule has 0 N–H and O–H groups in total. The Morgan fingerprint density at radius 3 is 1.41 bits per heavy atom. The maximum absolute atomic E-state index is 13.7. The zero-order valence-corrected chi connectivity index (χ0v) is 23.4. The number of likely N-dealkylation sites (tertiary alicyclic amines) is 2. The van der Waals surface area contributed by atoms with E-state index in [1.54, 1.807) is 12.1 Å². The molecule has 0 spiro atoms. The molecule has 5 nitrogen and oxygen atoms in total. The summed E-state index contributed by atoms with van der Waals surface area (Å²) in [4.78, 5) is 45.4. The van der Waals surface area contributed by atoms with Crippen LogP contribution in [0.15, 0.2) is 41.2 Å². The minimum absolute atomic E-state index is 0.0491. The van der Waals surface area contributed by atoms with Crippen LogP contribution in [0.1, 0.15) is 86.9 Å². The minimum atomic E-state index is -0.614. The standard InChI is InChI=1S/C31H38N2O3S/c1-30(2,32-15-7-5-8-16-32)28(35)21-11-13-25-23(19-21)27(34)24-20-22(12-14-26(24)37-25)29(36)31(3,4)33-17-9-6-10-18-33/h11-14,19-20H,5-10,15-18H2,1-4H3. The summed E-state index contributed by atoms with van der Waals surface area (Å²) in [6, 6.07) is 11.1. The Balaban J connectivity index is 1.52. The van der Waals surface area contributed by atoms with Crippen LogP contribution in [0.5, 0.6) is 0 Å². The lowest BCUT2D eigenvalue weighted by Gasteiger charge is -2.39. The molecule has 2 aliphatic rings. The van der Waals surface area contributed by atoms with Gasteiger partial charge in [0.25, 0.3) is 0 Å². The molecule has 2 fully saturated rings. The van der Waals surface area contributed by atoms with Crippen molar-refractivity contribution in [2.75, 3.05) is 26.2 Å². The number of carbonyl (C=O) groups is 2. The van der Waals surface area contributed by atoms with E-state index in [4.69, 9.17) is 0 Å². The van der Waals surface area contributed by atoms with Crippen LogP contribution in [0.4, 0.5) is 0 Å². The Labute approximate surface area is 223 Å². The van der Waals surface area contributed by atoms with Crippen molar-refractivity contribution in [3.63, 3.8) is 0 Å². The molecule has 0 bridgehead atoms. The molecule has 37 heavy (non-hydrogen) atoms. The number of hydrogen-bond donors (Lipinski definition) is 0. The van der Waals surface area contributed by atoms with Gasteiger partial charge < -0.3 is 0 Å². The SMILES string of the molecule is CC(C)(C(=O)c1ccc2sc3ccc(C(=O)C(C)(C)N4CCCCC4)cc3c(=O)c2c1)N1CCCCC1. The largest absolute Gasteiger partial charge is 0.292 e. The van der Waals surface area contributed by atoms with Gasteiger partial charge in [0, 0.05) is 31.3 Å². The summed E-state index contributed by atoms with van der Waals surface area (Å²) >= 11 is 1.53. The van der Waals surface area contributed by atoms with Gasteiger partial charge in [-0.3, -0.25) is 24.2 Å². The Kier molecular flexibility index (Phi) is 7.12. The predicted octanol–water partition coefficient (Wildman–Crippen LogP) is 6.31. The monoisotopic (exact) mass is 518 g/mol. The molecule has 0 radical (unpaired) electrons. The zero-order chi connectivity index (χ0) is 26.4. The first-order valence-corrected chi connectivity index (χ1v) is 14.5. The van der Waals surface area contributed by atoms with E-state index in [2.05, 4.69) is 9.80 Å². The number of hydrogen-bond acceptors (Lipinski definition) is 6. The van der Waals surface area contributed by atoms with E-state index in [1.807, 2.05) is 52.0 Å². The second-order valence-electron chi connectivity index (χ2n) is 11.7. The highest BCUT2D eigenvalue weighted by Gasteiger charge is 2.37. The summed E-state index contributed by atoms with van der Waals surface area (Å²) in [5.41, 5.74) is -0.191. The van der Waals surface area contributed by atoms with Crippen LogP contribution in [0, 0.1) is 0 Å². The molecule has 0 aliphatic carbocycles. The van der Waals surface area contributed by atoms with Crippen molar-refractivity contribution in [1.82, 2.24) is 9.80 Å². The van der Waals surface area contributed by atoms with Crippen molar-refractivity contribution in [2.24, 2.45) is 0 Å². The summed E-state index contributed by atoms with van der Waals surface area (Å²) in [7, 11) is 0. The highest BCUT2D eigenvalue weighted by Crippen LogP contribution is 2.31. The Morgan fingerprint density at radius 1 is 0.649 bits per heavy atom. The Bertz CT molecular complexity index is 1310. The third kappa shape index (κ3) is 4.80. The molecule has 5 rings (SSSR count). The molecule has 3 aromatic rings. The first-order chi connectivity index (χ1) is 17.6. The average Bonchev–Trinajstić information content (AvgIpc) is 2.93. The van der Waals surface area contributed by atoms with Crippen LogP contribution in [0.25, 0.3) is 20.2 Å². The fourth-order valence-corrected chi connectivity index (χ4v) is 7.07. The summed E-state index contributed by atoms with van der Waals surface area (Å²) < 4.78 is 1.72. The van der Waals surface area contributed by atoms with Crippen molar-refractivity contribution in [2.45, 2.75) is 77.3 Å². The van der Waals surface area contributed by atoms with E-state index in [1.165, 1.54) is 24.2 Å². The van der Waals surface area contributed by atoms with Crippen LogP contribution >= 0.6 is 11.3 Å². The molecule has 2 aromatic carbocycles. The predicted molar refractivity (Wildman–Crippen MR) is 153 cm³/mol. The van der Waals surface area contributed by atoms with Gasteiger partial charge >= 0.3 is 0 Å². The van der Waals surface area contributed by atoms with Crippen molar-refractivity contribution in [1.29, 1.82) is 0 Å². The van der Waals surface area contributed by atoms with Gasteiger partial charge in [0.1, 0.15) is 0 Å². The number of carbonyl (C=O) groups excluding carboxylic acids is 2. The molecule has 0 saturated carbocycles. The summed E-state index contributed by atoms with van der Waals surface area (Å²) in [5, 5.41) is 1.11. The Morgan fingerprint density at radius 2 is 1.03 bits per heavy atom. The van der Waals surface area contributed by atoms with Crippen LogP contribution in [0.2, 0.25) is 0 Å². The lowest BCUT2D eigenvalue weighted by molar-refractivity contribution is 0.0576. The first kappa shape index (κ1) is 26.2. The third-order valence-electron chi connectivity index (χ3n) is 8.60. The lowest BCUT2D eigenvalue weighted by Crippen LogP contribution is -2.52. The van der Waals surface area contributed by atoms with Crippen molar-refractivity contribution in [3.05, 3.63) is 57.7 Å². The molecule has 1 aromatic heterocycles. The van der Waals surface area contributed by atoms with E-state index in [0.717, 1.165) is 61.3 Å². The Hall–Kier alpha value is -2.41. The van der Waals surface area contributed by atoms with E-state index in [9.17, 15) is 14.4 Å². The number of nitrogens with zero attached hydrogens (tertiary/aromatic N) is 2. The van der Waals surface area contributed by atoms with Gasteiger partial charge in [0.05, 0.1) is 11.1 Å². The quantitative estimate of drug-likeness (QED) is 0.283. The number of piperidine rings is 2. The van der Waals surface area contributed by atoms with Gasteiger partial charge in [-0.25, -0.2) is 0 Å². The maximum Gasteiger partial charge on any atom is 0.195 e. The van der Waals surface area contributed by atoms with Crippen LogP contribution in [-0.4, -0.2) is 58.6 Å². The maximum atomic E-state index is 13.7. The second kappa shape index (κ2) is 10.0. The van der Waals surface area contributed by atoms with Gasteiger partial charge in [-0.2, -0.15) is 0 Å². The molecular formula is C31H38N2O3S. The average molecular weight is 519 g/mol. The minimum Gasteiger partial charge on any atom is -0.292 e. The van der Waals surface area contributed by atoms with E-state index < -0.39 is 11.1 Å². The molecular weight excluding hydrogens is 480 g/mol. The molecule has 6 heteroatoms. The third-order valence-corrected chi connectivity index (χ3v) is 9.75. The molecule has 2 aliphatic heterocycles. The number of benzene rings is 2. The van der Waals surface area contributed by atoms with E-state index >= 15 is 0 Å². The van der Waals surface area contributed by atoms with Gasteiger partial charge in [-0.1, -0.05) is 12.8 Å². The molecule has 2 saturated heterocycles. The van der Waals surface area contributed by atoms with Crippen molar-refractivity contribution in [3.8, 4) is 0 Å². The van der Waals surface area contributed by atoms with Gasteiger partial charge in [0.2, 0.25) is 0 Å². The highest BCUT2D eigenvalue weighted by molar-refractivity contribution is 7.24. The van der Waals surface area contributed by atoms with E-state index in [-0.39, 0.29) is 17.0 Å². The fourth-order valence-electron chi connectivity index (χ4n) is 6.04. The summed E-state index contributed by atoms with van der Waals surface area (Å²) in [6.45, 7) is 11.7. The van der Waals surface area contributed by atoms with Crippen molar-refractivity contribution >= 4 is 43.1 Å². The summed E-state index contributed by atoms with van der Waals surface area (Å²) in [6.07, 6.45) is 6.88. The molecule has 196 valence electrons. The molecule has 0 amide bonds. The van der Waals surface area contributed by atoms with E-state index in [0.29, 0.717) is 21.9 Å². The lowest BCUT2D eigenvalue weighted by atomic mass is 9.88. The smallest absolute Gasteiger partial charge is 0.195 e. The zero-order valence-electron chi connectivity index (χ0n) is 22.6. The number of Topliss-reactive ketones (excluding diaryl/α,β-unsaturated/α-hetero) is 2. The van der Waals surface area contributed by atoms with Gasteiger partial charge in [-0.05, 0) is 116 Å².